The van der Waals surface area contributed by atoms with Crippen molar-refractivity contribution < 1.29 is 14.6 Å². The van der Waals surface area contributed by atoms with E-state index in [1.807, 2.05) is 0 Å². The van der Waals surface area contributed by atoms with Gasteiger partial charge in [0.1, 0.15) is 4.88 Å². The second kappa shape index (κ2) is 6.44. The molecule has 5 nitrogen and oxygen atoms in total. The van der Waals surface area contributed by atoms with E-state index in [2.05, 4.69) is 24.1 Å². The lowest BCUT2D eigenvalue weighted by Gasteiger charge is -2.06. The molecule has 0 aliphatic heterocycles. The molecule has 0 saturated heterocycles. The number of carboxylic acids is 1. The number of nitrogens with zero attached hydrogens (tertiary/aromatic N) is 1. The van der Waals surface area contributed by atoms with Gasteiger partial charge in [-0.15, -0.1) is 0 Å². The lowest BCUT2D eigenvalue weighted by molar-refractivity contribution is 0.0702. The maximum atomic E-state index is 10.6. The summed E-state index contributed by atoms with van der Waals surface area (Å²) < 4.78 is 5.37. The molecule has 0 unspecified atom stereocenters. The molecule has 1 aromatic rings. The van der Waals surface area contributed by atoms with Gasteiger partial charge in [-0.25, -0.2) is 9.78 Å². The van der Waals surface area contributed by atoms with Crippen molar-refractivity contribution in [2.75, 3.05) is 25.1 Å². The van der Waals surface area contributed by atoms with E-state index in [9.17, 15) is 4.79 Å². The van der Waals surface area contributed by atoms with Crippen LogP contribution in [0, 0.1) is 5.92 Å². The molecule has 0 bridgehead atoms. The maximum Gasteiger partial charge on any atom is 0.347 e. The van der Waals surface area contributed by atoms with Gasteiger partial charge in [-0.05, 0) is 5.92 Å². The molecule has 6 heteroatoms. The van der Waals surface area contributed by atoms with E-state index in [0.29, 0.717) is 24.2 Å². The fraction of sp³-hybridized carbons (Fsp3) is 0.600. The van der Waals surface area contributed by atoms with E-state index >= 15 is 0 Å². The largest absolute Gasteiger partial charge is 0.477 e. The highest BCUT2D eigenvalue weighted by Crippen LogP contribution is 2.17. The molecular weight excluding hydrogens is 228 g/mol. The van der Waals surface area contributed by atoms with Crippen LogP contribution in [0.15, 0.2) is 6.20 Å². The Morgan fingerprint density at radius 2 is 2.44 bits per heavy atom. The number of nitrogens with one attached hydrogen (secondary N) is 1. The van der Waals surface area contributed by atoms with E-state index in [-0.39, 0.29) is 4.88 Å². The Labute approximate surface area is 98.5 Å². The third kappa shape index (κ3) is 4.59. The van der Waals surface area contributed by atoms with E-state index in [0.717, 1.165) is 17.9 Å². The van der Waals surface area contributed by atoms with E-state index in [4.69, 9.17) is 9.84 Å². The van der Waals surface area contributed by atoms with Gasteiger partial charge < -0.3 is 15.2 Å². The van der Waals surface area contributed by atoms with Crippen LogP contribution in [0.5, 0.6) is 0 Å². The minimum atomic E-state index is -0.943. The van der Waals surface area contributed by atoms with Gasteiger partial charge in [0.15, 0.2) is 5.13 Å². The third-order valence-electron chi connectivity index (χ3n) is 1.69. The smallest absolute Gasteiger partial charge is 0.347 e. The molecule has 2 N–H and O–H groups in total. The highest BCUT2D eigenvalue weighted by Gasteiger charge is 2.07. The van der Waals surface area contributed by atoms with Crippen molar-refractivity contribution in [3.8, 4) is 0 Å². The van der Waals surface area contributed by atoms with Gasteiger partial charge in [0.2, 0.25) is 0 Å². The van der Waals surface area contributed by atoms with Gasteiger partial charge >= 0.3 is 5.97 Å². The zero-order valence-corrected chi connectivity index (χ0v) is 10.2. The van der Waals surface area contributed by atoms with E-state index in [1.54, 1.807) is 0 Å². The maximum absolute atomic E-state index is 10.6. The van der Waals surface area contributed by atoms with Crippen LogP contribution in [0.25, 0.3) is 0 Å². The predicted octanol–water partition coefficient (Wildman–Crippen LogP) is 1.93. The lowest BCUT2D eigenvalue weighted by Crippen LogP contribution is -2.11. The number of aromatic carboxylic acids is 1. The highest BCUT2D eigenvalue weighted by atomic mass is 32.1. The predicted molar refractivity (Wildman–Crippen MR) is 63.2 cm³/mol. The molecule has 0 aromatic carbocycles. The Morgan fingerprint density at radius 1 is 1.69 bits per heavy atom. The fourth-order valence-electron chi connectivity index (χ4n) is 1.00. The summed E-state index contributed by atoms with van der Waals surface area (Å²) in [5.74, 6) is -0.417. The first-order valence-corrected chi connectivity index (χ1v) is 5.92. The number of carbonyl (C=O) groups is 1. The monoisotopic (exact) mass is 244 g/mol. The molecular formula is C10H16N2O3S. The van der Waals surface area contributed by atoms with Gasteiger partial charge in [-0.3, -0.25) is 0 Å². The summed E-state index contributed by atoms with van der Waals surface area (Å²) in [7, 11) is 0. The zero-order valence-electron chi connectivity index (χ0n) is 9.40. The Hall–Kier alpha value is -1.14. The number of rotatable bonds is 7. The summed E-state index contributed by atoms with van der Waals surface area (Å²) in [6.45, 7) is 6.15. The summed E-state index contributed by atoms with van der Waals surface area (Å²) in [6.07, 6.45) is 1.35. The Bertz CT molecular complexity index is 339. The van der Waals surface area contributed by atoms with Crippen molar-refractivity contribution in [1.29, 1.82) is 0 Å². The number of anilines is 1. The van der Waals surface area contributed by atoms with Gasteiger partial charge in [-0.1, -0.05) is 25.2 Å². The van der Waals surface area contributed by atoms with Crippen LogP contribution in [0.3, 0.4) is 0 Å². The topological polar surface area (TPSA) is 71.5 Å². The average molecular weight is 244 g/mol. The SMILES string of the molecule is CC(C)COCCNc1ncc(C(=O)O)s1. The Balaban J connectivity index is 2.19. The first kappa shape index (κ1) is 12.9. The van der Waals surface area contributed by atoms with Crippen molar-refractivity contribution >= 4 is 22.4 Å². The zero-order chi connectivity index (χ0) is 12.0. The number of thiazole rings is 1. The summed E-state index contributed by atoms with van der Waals surface area (Å²) in [4.78, 5) is 14.8. The number of carboxylic acid groups (broad SMARTS) is 1. The molecule has 0 amide bonds. The lowest BCUT2D eigenvalue weighted by atomic mass is 10.2. The summed E-state index contributed by atoms with van der Waals surface area (Å²) >= 11 is 1.13. The molecule has 16 heavy (non-hydrogen) atoms. The van der Waals surface area contributed by atoms with Crippen molar-refractivity contribution in [3.05, 3.63) is 11.1 Å². The molecule has 0 saturated carbocycles. The van der Waals surface area contributed by atoms with Crippen LogP contribution >= 0.6 is 11.3 Å². The first-order chi connectivity index (χ1) is 7.59. The van der Waals surface area contributed by atoms with Gasteiger partial charge in [-0.2, -0.15) is 0 Å². The van der Waals surface area contributed by atoms with Crippen LogP contribution in [0.1, 0.15) is 23.5 Å². The molecule has 90 valence electrons. The minimum Gasteiger partial charge on any atom is -0.477 e. The third-order valence-corrected chi connectivity index (χ3v) is 2.63. The van der Waals surface area contributed by atoms with E-state index < -0.39 is 5.97 Å². The van der Waals surface area contributed by atoms with Gasteiger partial charge in [0, 0.05) is 13.2 Å². The Kier molecular flexibility index (Phi) is 5.21. The molecule has 1 aromatic heterocycles. The normalized spacial score (nSPS) is 10.7. The fourth-order valence-corrected chi connectivity index (χ4v) is 1.68. The second-order valence-electron chi connectivity index (χ2n) is 3.73. The van der Waals surface area contributed by atoms with Crippen LogP contribution < -0.4 is 5.32 Å². The first-order valence-electron chi connectivity index (χ1n) is 5.10. The summed E-state index contributed by atoms with van der Waals surface area (Å²) in [6, 6.07) is 0. The molecule has 0 aliphatic rings. The standard InChI is InChI=1S/C10H16N2O3S/c1-7(2)6-15-4-3-11-10-12-5-8(16-10)9(13)14/h5,7H,3-4,6H2,1-2H3,(H,11,12)(H,13,14). The average Bonchev–Trinajstić information content (AvgIpc) is 2.65. The number of ether oxygens (including phenoxy) is 1. The Morgan fingerprint density at radius 3 is 3.00 bits per heavy atom. The van der Waals surface area contributed by atoms with Gasteiger partial charge in [0.25, 0.3) is 0 Å². The van der Waals surface area contributed by atoms with Crippen LogP contribution in [0.4, 0.5) is 5.13 Å². The molecule has 0 fully saturated rings. The highest BCUT2D eigenvalue weighted by molar-refractivity contribution is 7.17. The quantitative estimate of drug-likeness (QED) is 0.717. The minimum absolute atomic E-state index is 0.241. The van der Waals surface area contributed by atoms with E-state index in [1.165, 1.54) is 6.20 Å². The van der Waals surface area contributed by atoms with Crippen LogP contribution in [-0.4, -0.2) is 35.8 Å². The molecule has 0 aliphatic carbocycles. The molecule has 1 heterocycles. The molecule has 1 rings (SSSR count). The van der Waals surface area contributed by atoms with Crippen molar-refractivity contribution in [2.24, 2.45) is 5.92 Å². The van der Waals surface area contributed by atoms with Crippen molar-refractivity contribution in [1.82, 2.24) is 4.98 Å². The van der Waals surface area contributed by atoms with Crippen molar-refractivity contribution in [2.45, 2.75) is 13.8 Å². The number of aromatic nitrogens is 1. The van der Waals surface area contributed by atoms with Crippen LogP contribution in [-0.2, 0) is 4.74 Å². The number of hydrogen-bond donors (Lipinski definition) is 2. The second-order valence-corrected chi connectivity index (χ2v) is 4.76. The van der Waals surface area contributed by atoms with Crippen LogP contribution in [0.2, 0.25) is 0 Å². The molecule has 0 spiro atoms. The summed E-state index contributed by atoms with van der Waals surface area (Å²) in [5.41, 5.74) is 0. The molecule has 0 atom stereocenters. The summed E-state index contributed by atoms with van der Waals surface area (Å²) in [5, 5.41) is 12.3. The molecule has 0 radical (unpaired) electrons. The number of hydrogen-bond acceptors (Lipinski definition) is 5. The van der Waals surface area contributed by atoms with Gasteiger partial charge in [0.05, 0.1) is 12.8 Å². The van der Waals surface area contributed by atoms with Crippen molar-refractivity contribution in [3.63, 3.8) is 0 Å².